The van der Waals surface area contributed by atoms with E-state index in [1.807, 2.05) is 57.8 Å². The van der Waals surface area contributed by atoms with Gasteiger partial charge in [0.2, 0.25) is 0 Å². The Hall–Kier alpha value is -1.41. The van der Waals surface area contributed by atoms with Crippen molar-refractivity contribution in [2.75, 3.05) is 18.0 Å². The average Bonchev–Trinajstić information content (AvgIpc) is 2.43. The lowest BCUT2D eigenvalue weighted by molar-refractivity contribution is 0.768. The number of aromatic amines is 1. The average molecular weight is 370 g/mol. The highest BCUT2D eigenvalue weighted by Crippen LogP contribution is 2.17. The number of halogens is 1. The van der Waals surface area contributed by atoms with Crippen molar-refractivity contribution in [3.05, 3.63) is 56.1 Å². The molecule has 3 N–H and O–H groups in total. The van der Waals surface area contributed by atoms with Crippen LogP contribution in [0, 0.1) is 3.57 Å². The van der Waals surface area contributed by atoms with Crippen LogP contribution in [0.1, 0.15) is 5.56 Å². The predicted molar refractivity (Wildman–Crippen MR) is 84.1 cm³/mol. The lowest BCUT2D eigenvalue weighted by Crippen LogP contribution is -2.32. The minimum absolute atomic E-state index is 0.124. The number of anilines is 1. The lowest BCUT2D eigenvalue weighted by Gasteiger charge is -2.23. The largest absolute Gasteiger partial charge is 0.350 e. The molecule has 0 spiro atoms. The number of nitrogens with two attached hydrogens (primary N) is 1. The monoisotopic (exact) mass is 370 g/mol. The van der Waals surface area contributed by atoms with Crippen molar-refractivity contribution in [1.29, 1.82) is 0 Å². The summed E-state index contributed by atoms with van der Waals surface area (Å²) in [6, 6.07) is 10.1. The maximum Gasteiger partial charge on any atom is 0.266 e. The lowest BCUT2D eigenvalue weighted by atomic mass is 10.2. The van der Waals surface area contributed by atoms with Crippen LogP contribution in [0.15, 0.2) is 41.5 Å². The molecule has 0 atom stereocenters. The molecule has 0 unspecified atom stereocenters. The quantitative estimate of drug-likeness (QED) is 0.779. The fourth-order valence-corrected chi connectivity index (χ4v) is 2.45. The van der Waals surface area contributed by atoms with E-state index in [9.17, 15) is 4.79 Å². The van der Waals surface area contributed by atoms with Crippen LogP contribution in [0.25, 0.3) is 0 Å². The Bertz CT molecular complexity index is 585. The first kappa shape index (κ1) is 14.0. The Kier molecular flexibility index (Phi) is 4.92. The fourth-order valence-electron chi connectivity index (χ4n) is 1.81. The Morgan fingerprint density at radius 3 is 2.74 bits per heavy atom. The first-order valence-corrected chi connectivity index (χ1v) is 7.02. The molecule has 0 fully saturated rings. The van der Waals surface area contributed by atoms with Gasteiger partial charge in [0.15, 0.2) is 0 Å². The van der Waals surface area contributed by atoms with E-state index in [2.05, 4.69) is 9.97 Å². The van der Waals surface area contributed by atoms with Crippen LogP contribution >= 0.6 is 22.6 Å². The first-order chi connectivity index (χ1) is 9.22. The summed E-state index contributed by atoms with van der Waals surface area (Å²) < 4.78 is 0.587. The summed E-state index contributed by atoms with van der Waals surface area (Å²) in [5.41, 5.74) is 6.69. The van der Waals surface area contributed by atoms with Gasteiger partial charge in [-0.05, 0) is 28.2 Å². The van der Waals surface area contributed by atoms with Crippen molar-refractivity contribution in [3.63, 3.8) is 0 Å². The van der Waals surface area contributed by atoms with Crippen molar-refractivity contribution in [3.8, 4) is 0 Å². The van der Waals surface area contributed by atoms with Crippen LogP contribution in [-0.2, 0) is 6.54 Å². The van der Waals surface area contributed by atoms with Gasteiger partial charge in [-0.3, -0.25) is 4.79 Å². The molecule has 0 aliphatic carbocycles. The highest BCUT2D eigenvalue weighted by molar-refractivity contribution is 14.1. The van der Waals surface area contributed by atoms with E-state index in [4.69, 9.17) is 5.73 Å². The molecule has 1 aromatic carbocycles. The van der Waals surface area contributed by atoms with E-state index in [-0.39, 0.29) is 5.56 Å². The fraction of sp³-hybridized carbons (Fsp3) is 0.231. The zero-order chi connectivity index (χ0) is 13.7. The maximum absolute atomic E-state index is 11.6. The Morgan fingerprint density at radius 2 is 2.05 bits per heavy atom. The Balaban J connectivity index is 2.30. The molecule has 0 radical (unpaired) electrons. The molecule has 0 aliphatic rings. The van der Waals surface area contributed by atoms with Gasteiger partial charge in [0.05, 0.1) is 6.33 Å². The summed E-state index contributed by atoms with van der Waals surface area (Å²) in [6.07, 6.45) is 1.42. The molecule has 6 heteroatoms. The van der Waals surface area contributed by atoms with Gasteiger partial charge in [0, 0.05) is 19.6 Å². The van der Waals surface area contributed by atoms with Crippen molar-refractivity contribution < 1.29 is 0 Å². The molecule has 0 amide bonds. The SMILES string of the molecule is NCCN(Cc1ccccc1)c1nc[nH]c(=O)c1I. The number of hydrogen-bond acceptors (Lipinski definition) is 4. The van der Waals surface area contributed by atoms with E-state index >= 15 is 0 Å². The van der Waals surface area contributed by atoms with Gasteiger partial charge in [0.25, 0.3) is 5.56 Å². The molecule has 0 bridgehead atoms. The van der Waals surface area contributed by atoms with Crippen molar-refractivity contribution in [2.45, 2.75) is 6.54 Å². The standard InChI is InChI=1S/C13H15IN4O/c14-11-12(16-9-17-13(11)19)18(7-6-15)8-10-4-2-1-3-5-10/h1-5,9H,6-8,15H2,(H,16,17,19). The molecule has 0 aliphatic heterocycles. The molecule has 5 nitrogen and oxygen atoms in total. The second-order valence-electron chi connectivity index (χ2n) is 4.07. The normalized spacial score (nSPS) is 10.4. The topological polar surface area (TPSA) is 75.0 Å². The highest BCUT2D eigenvalue weighted by Gasteiger charge is 2.13. The third-order valence-electron chi connectivity index (χ3n) is 2.69. The van der Waals surface area contributed by atoms with Gasteiger partial charge in [0.1, 0.15) is 9.39 Å². The summed E-state index contributed by atoms with van der Waals surface area (Å²) in [6.45, 7) is 1.85. The van der Waals surface area contributed by atoms with E-state index in [1.54, 1.807) is 0 Å². The molecule has 100 valence electrons. The van der Waals surface area contributed by atoms with Crippen LogP contribution < -0.4 is 16.2 Å². The predicted octanol–water partition coefficient (Wildman–Crippen LogP) is 1.34. The van der Waals surface area contributed by atoms with E-state index < -0.39 is 0 Å². The second kappa shape index (κ2) is 6.67. The van der Waals surface area contributed by atoms with Crippen molar-refractivity contribution in [1.82, 2.24) is 9.97 Å². The van der Waals surface area contributed by atoms with Crippen molar-refractivity contribution in [2.24, 2.45) is 5.73 Å². The van der Waals surface area contributed by atoms with Crippen molar-refractivity contribution >= 4 is 28.4 Å². The minimum atomic E-state index is -0.124. The molecule has 0 saturated carbocycles. The third-order valence-corrected chi connectivity index (χ3v) is 3.67. The number of benzene rings is 1. The van der Waals surface area contributed by atoms with Gasteiger partial charge in [-0.1, -0.05) is 30.3 Å². The van der Waals surface area contributed by atoms with Gasteiger partial charge in [-0.25, -0.2) is 4.98 Å². The molecule has 2 aromatic rings. The maximum atomic E-state index is 11.6. The molecule has 19 heavy (non-hydrogen) atoms. The van der Waals surface area contributed by atoms with Gasteiger partial charge in [-0.15, -0.1) is 0 Å². The number of nitrogens with one attached hydrogen (secondary N) is 1. The van der Waals surface area contributed by atoms with Gasteiger partial charge in [-0.2, -0.15) is 0 Å². The smallest absolute Gasteiger partial charge is 0.266 e. The van der Waals surface area contributed by atoms with Crippen LogP contribution in [0.2, 0.25) is 0 Å². The number of rotatable bonds is 5. The summed E-state index contributed by atoms with van der Waals surface area (Å²) in [5.74, 6) is 0.679. The minimum Gasteiger partial charge on any atom is -0.350 e. The van der Waals surface area contributed by atoms with Crippen LogP contribution in [0.3, 0.4) is 0 Å². The summed E-state index contributed by atoms with van der Waals surface area (Å²) in [5, 5.41) is 0. The second-order valence-corrected chi connectivity index (χ2v) is 5.14. The van der Waals surface area contributed by atoms with E-state index in [1.165, 1.54) is 6.33 Å². The Morgan fingerprint density at radius 1 is 1.32 bits per heavy atom. The van der Waals surface area contributed by atoms with Crippen LogP contribution in [0.4, 0.5) is 5.82 Å². The zero-order valence-electron chi connectivity index (χ0n) is 10.3. The number of H-pyrrole nitrogens is 1. The number of nitrogens with zero attached hydrogens (tertiary/aromatic N) is 2. The highest BCUT2D eigenvalue weighted by atomic mass is 127. The van der Waals surface area contributed by atoms with Gasteiger partial charge >= 0.3 is 0 Å². The molecule has 1 aromatic heterocycles. The molecular formula is C13H15IN4O. The van der Waals surface area contributed by atoms with E-state index in [0.717, 1.165) is 5.56 Å². The van der Waals surface area contributed by atoms with Crippen LogP contribution in [0.5, 0.6) is 0 Å². The van der Waals surface area contributed by atoms with E-state index in [0.29, 0.717) is 29.0 Å². The number of hydrogen-bond donors (Lipinski definition) is 2. The summed E-state index contributed by atoms with van der Waals surface area (Å²) >= 11 is 2.01. The Labute approximate surface area is 125 Å². The molecule has 1 heterocycles. The third kappa shape index (κ3) is 3.54. The van der Waals surface area contributed by atoms with Gasteiger partial charge < -0.3 is 15.6 Å². The van der Waals surface area contributed by atoms with Crippen LogP contribution in [-0.4, -0.2) is 23.1 Å². The molecule has 2 rings (SSSR count). The molecule has 0 saturated heterocycles. The zero-order valence-corrected chi connectivity index (χ0v) is 12.5. The summed E-state index contributed by atoms with van der Waals surface area (Å²) in [4.78, 5) is 20.5. The first-order valence-electron chi connectivity index (χ1n) is 5.94. The number of aromatic nitrogens is 2. The molecular weight excluding hydrogens is 355 g/mol. The summed E-state index contributed by atoms with van der Waals surface area (Å²) in [7, 11) is 0.